The van der Waals surface area contributed by atoms with Crippen molar-refractivity contribution in [1.29, 1.82) is 0 Å². The van der Waals surface area contributed by atoms with Crippen LogP contribution in [0.15, 0.2) is 72.8 Å². The first kappa shape index (κ1) is 32.5. The first-order valence-corrected chi connectivity index (χ1v) is 14.6. The van der Waals surface area contributed by atoms with Gasteiger partial charge in [0.25, 0.3) is 5.91 Å². The summed E-state index contributed by atoms with van der Waals surface area (Å²) in [4.78, 5) is 38.5. The van der Waals surface area contributed by atoms with Crippen molar-refractivity contribution in [3.63, 3.8) is 0 Å². The number of ether oxygens (including phenoxy) is 1. The summed E-state index contributed by atoms with van der Waals surface area (Å²) in [5, 5.41) is 15.1. The van der Waals surface area contributed by atoms with E-state index in [0.29, 0.717) is 18.6 Å². The molecule has 2 amide bonds. The molecule has 42 heavy (non-hydrogen) atoms. The van der Waals surface area contributed by atoms with E-state index in [-0.39, 0.29) is 24.3 Å². The van der Waals surface area contributed by atoms with Crippen LogP contribution in [0, 0.1) is 12.3 Å². The Hall–Kier alpha value is -3.97. The number of amides is 2. The van der Waals surface area contributed by atoms with Crippen LogP contribution in [0.4, 0.5) is 0 Å². The second kappa shape index (κ2) is 15.3. The van der Waals surface area contributed by atoms with Gasteiger partial charge in [0.2, 0.25) is 5.91 Å². The number of carbonyl (C=O) groups excluding carboxylic acids is 2. The number of rotatable bonds is 14. The number of hydrogen-bond donors (Lipinski definition) is 3. The molecule has 0 aliphatic rings. The third kappa shape index (κ3) is 9.55. The van der Waals surface area contributed by atoms with Crippen LogP contribution < -0.4 is 10.6 Å². The van der Waals surface area contributed by atoms with E-state index < -0.39 is 17.4 Å². The topological polar surface area (TPSA) is 105 Å². The molecule has 0 heterocycles. The van der Waals surface area contributed by atoms with Gasteiger partial charge in [-0.2, -0.15) is 0 Å². The molecule has 2 atom stereocenters. The van der Waals surface area contributed by atoms with Crippen molar-refractivity contribution in [3.8, 4) is 11.1 Å². The number of methoxy groups -OCH3 is 1. The van der Waals surface area contributed by atoms with Gasteiger partial charge in [0.15, 0.2) is 0 Å². The standard InChI is InChI=1S/C35H44N2O5/c1-24-13-12-17-27(21-24)28-20-19-25(14-8-6-11-18-31(38)39)22-29(28)33(40)37-32(35(2,3)4)34(41)36-30(23-42-5)26-15-9-7-10-16-26/h7,9-10,12-13,15-17,19-22,30,32H,6,8,11,14,18,23H2,1-5H3,(H,36,41)(H,37,40)(H,38,39)/t30-,32-/m1/s1. The molecule has 0 saturated carbocycles. The fraction of sp³-hybridized carbons (Fsp3) is 0.400. The van der Waals surface area contributed by atoms with Crippen LogP contribution >= 0.6 is 0 Å². The molecular formula is C35H44N2O5. The normalized spacial score (nSPS) is 12.8. The molecule has 0 bridgehead atoms. The molecule has 3 rings (SSSR count). The fourth-order valence-corrected chi connectivity index (χ4v) is 4.99. The summed E-state index contributed by atoms with van der Waals surface area (Å²) in [7, 11) is 1.59. The predicted octanol–water partition coefficient (Wildman–Crippen LogP) is 6.50. The SMILES string of the molecule is COC[C@@H](NC(=O)[C@@H](NC(=O)c1cc(CCCCCC(=O)O)ccc1-c1cccc(C)c1)C(C)(C)C)c1ccccc1. The van der Waals surface area contributed by atoms with Crippen molar-refractivity contribution in [2.45, 2.75) is 71.9 Å². The zero-order chi connectivity index (χ0) is 30.7. The molecule has 0 unspecified atom stereocenters. The third-order valence-corrected chi connectivity index (χ3v) is 7.27. The number of unbranched alkanes of at least 4 members (excludes halogenated alkanes) is 2. The van der Waals surface area contributed by atoms with E-state index in [0.717, 1.165) is 47.1 Å². The van der Waals surface area contributed by atoms with E-state index in [1.807, 2.05) is 100 Å². The number of hydrogen-bond acceptors (Lipinski definition) is 4. The van der Waals surface area contributed by atoms with Crippen molar-refractivity contribution >= 4 is 17.8 Å². The molecule has 224 valence electrons. The Morgan fingerprint density at radius 3 is 2.26 bits per heavy atom. The Bertz CT molecular complexity index is 1350. The zero-order valence-electron chi connectivity index (χ0n) is 25.4. The Balaban J connectivity index is 1.89. The Morgan fingerprint density at radius 2 is 1.62 bits per heavy atom. The number of carboxylic acids is 1. The van der Waals surface area contributed by atoms with E-state index in [9.17, 15) is 14.4 Å². The summed E-state index contributed by atoms with van der Waals surface area (Å²) < 4.78 is 5.39. The van der Waals surface area contributed by atoms with Crippen LogP contribution in [0.3, 0.4) is 0 Å². The van der Waals surface area contributed by atoms with Gasteiger partial charge < -0.3 is 20.5 Å². The Kier molecular flexibility index (Phi) is 11.9. The van der Waals surface area contributed by atoms with E-state index >= 15 is 0 Å². The fourth-order valence-electron chi connectivity index (χ4n) is 4.99. The molecule has 3 N–H and O–H groups in total. The maximum absolute atomic E-state index is 14.0. The van der Waals surface area contributed by atoms with E-state index in [1.165, 1.54) is 0 Å². The monoisotopic (exact) mass is 572 g/mol. The Labute approximate surface area is 249 Å². The maximum Gasteiger partial charge on any atom is 0.303 e. The summed E-state index contributed by atoms with van der Waals surface area (Å²) in [5.74, 6) is -1.39. The molecule has 7 nitrogen and oxygen atoms in total. The average molecular weight is 573 g/mol. The van der Waals surface area contributed by atoms with Crippen LogP contribution in [0.25, 0.3) is 11.1 Å². The minimum atomic E-state index is -0.807. The quantitative estimate of drug-likeness (QED) is 0.191. The van der Waals surface area contributed by atoms with Gasteiger partial charge in [-0.1, -0.05) is 99.5 Å². The molecule has 0 fully saturated rings. The highest BCUT2D eigenvalue weighted by Crippen LogP contribution is 2.28. The minimum absolute atomic E-state index is 0.158. The van der Waals surface area contributed by atoms with Gasteiger partial charge >= 0.3 is 5.97 Å². The highest BCUT2D eigenvalue weighted by Gasteiger charge is 2.34. The lowest BCUT2D eigenvalue weighted by Gasteiger charge is -2.32. The van der Waals surface area contributed by atoms with Crippen LogP contribution in [0.5, 0.6) is 0 Å². The zero-order valence-corrected chi connectivity index (χ0v) is 25.4. The summed E-state index contributed by atoms with van der Waals surface area (Å²) >= 11 is 0. The van der Waals surface area contributed by atoms with Gasteiger partial charge in [-0.3, -0.25) is 14.4 Å². The molecule has 3 aromatic carbocycles. The first-order chi connectivity index (χ1) is 20.0. The van der Waals surface area contributed by atoms with Crippen LogP contribution in [0.1, 0.15) is 79.5 Å². The second-order valence-corrected chi connectivity index (χ2v) is 11.9. The van der Waals surface area contributed by atoms with Crippen LogP contribution in [-0.2, 0) is 20.7 Å². The average Bonchev–Trinajstić information content (AvgIpc) is 2.95. The van der Waals surface area contributed by atoms with Gasteiger partial charge in [-0.05, 0) is 59.9 Å². The molecule has 0 saturated heterocycles. The highest BCUT2D eigenvalue weighted by atomic mass is 16.5. The second-order valence-electron chi connectivity index (χ2n) is 11.9. The third-order valence-electron chi connectivity index (χ3n) is 7.27. The molecule has 0 aliphatic carbocycles. The lowest BCUT2D eigenvalue weighted by atomic mass is 9.85. The van der Waals surface area contributed by atoms with Gasteiger partial charge in [0.05, 0.1) is 12.6 Å². The van der Waals surface area contributed by atoms with Crippen LogP contribution in [-0.4, -0.2) is 42.6 Å². The van der Waals surface area contributed by atoms with E-state index in [1.54, 1.807) is 7.11 Å². The van der Waals surface area contributed by atoms with Crippen molar-refractivity contribution in [2.75, 3.05) is 13.7 Å². The van der Waals surface area contributed by atoms with Crippen molar-refractivity contribution < 1.29 is 24.2 Å². The molecule has 7 heteroatoms. The number of carboxylic acid groups (broad SMARTS) is 1. The number of nitrogens with one attached hydrogen (secondary N) is 2. The van der Waals surface area contributed by atoms with E-state index in [4.69, 9.17) is 9.84 Å². The summed E-state index contributed by atoms with van der Waals surface area (Å²) in [5.41, 5.74) is 4.65. The molecule has 3 aromatic rings. The maximum atomic E-state index is 14.0. The summed E-state index contributed by atoms with van der Waals surface area (Å²) in [6, 6.07) is 22.4. The smallest absolute Gasteiger partial charge is 0.303 e. The first-order valence-electron chi connectivity index (χ1n) is 14.6. The molecular weight excluding hydrogens is 528 g/mol. The number of benzene rings is 3. The van der Waals surface area contributed by atoms with Crippen LogP contribution in [0.2, 0.25) is 0 Å². The van der Waals surface area contributed by atoms with Crippen molar-refractivity contribution in [1.82, 2.24) is 10.6 Å². The van der Waals surface area contributed by atoms with Gasteiger partial charge in [0.1, 0.15) is 6.04 Å². The number of aliphatic carboxylic acids is 1. The minimum Gasteiger partial charge on any atom is -0.481 e. The van der Waals surface area contributed by atoms with E-state index in [2.05, 4.69) is 10.6 Å². The highest BCUT2D eigenvalue weighted by molar-refractivity contribution is 6.03. The van der Waals surface area contributed by atoms with Crippen molar-refractivity contribution in [3.05, 3.63) is 95.1 Å². The summed E-state index contributed by atoms with van der Waals surface area (Å²) in [6.45, 7) is 8.10. The molecule has 0 aromatic heterocycles. The molecule has 0 spiro atoms. The Morgan fingerprint density at radius 1 is 0.881 bits per heavy atom. The predicted molar refractivity (Wildman–Crippen MR) is 166 cm³/mol. The van der Waals surface area contributed by atoms with Gasteiger partial charge in [0, 0.05) is 19.1 Å². The van der Waals surface area contributed by atoms with Gasteiger partial charge in [-0.15, -0.1) is 0 Å². The summed E-state index contributed by atoms with van der Waals surface area (Å²) in [6.07, 6.45) is 3.13. The lowest BCUT2D eigenvalue weighted by molar-refractivity contribution is -0.137. The molecule has 0 aliphatic heterocycles. The molecule has 0 radical (unpaired) electrons. The number of aryl methyl sites for hydroxylation is 2. The van der Waals surface area contributed by atoms with Gasteiger partial charge in [-0.25, -0.2) is 0 Å². The van der Waals surface area contributed by atoms with Crippen molar-refractivity contribution in [2.24, 2.45) is 5.41 Å². The largest absolute Gasteiger partial charge is 0.481 e. The number of carbonyl (C=O) groups is 3. The lowest BCUT2D eigenvalue weighted by Crippen LogP contribution is -2.54.